The van der Waals surface area contributed by atoms with E-state index < -0.39 is 0 Å². The van der Waals surface area contributed by atoms with Crippen molar-refractivity contribution < 1.29 is 0 Å². The zero-order valence-electron chi connectivity index (χ0n) is 29.1. The molecule has 7 aromatic carbocycles. The van der Waals surface area contributed by atoms with Gasteiger partial charge in [0, 0.05) is 55.8 Å². The molecule has 0 aliphatic carbocycles. The molecule has 0 aliphatic rings. The molecule has 0 radical (unpaired) electrons. The summed E-state index contributed by atoms with van der Waals surface area (Å²) in [4.78, 5) is 5.03. The molecule has 54 heavy (non-hydrogen) atoms. The fraction of sp³-hybridized carbons (Fsp3) is 0. The first-order valence-electron chi connectivity index (χ1n) is 17.9. The zero-order chi connectivity index (χ0) is 36.2. The molecule has 0 unspecified atom stereocenters. The number of hydrogen-bond acceptors (Lipinski definition) is 2. The second-order valence-electron chi connectivity index (χ2n) is 13.5. The lowest BCUT2D eigenvalue weighted by Gasteiger charge is -2.15. The highest BCUT2D eigenvalue weighted by Gasteiger charge is 2.16. The lowest BCUT2D eigenvalue weighted by Crippen LogP contribution is -1.96. The van der Waals surface area contributed by atoms with E-state index in [1.807, 2.05) is 18.3 Å². The Balaban J connectivity index is 1.08. The molecular formula is C50H30N4. The third-order valence-corrected chi connectivity index (χ3v) is 10.5. The quantitative estimate of drug-likeness (QED) is 0.169. The van der Waals surface area contributed by atoms with Crippen LogP contribution in [0, 0.1) is 23.7 Å². The third kappa shape index (κ3) is 4.90. The largest absolute Gasteiger partial charge is 0.309 e. The van der Waals surface area contributed by atoms with Crippen molar-refractivity contribution in [2.45, 2.75) is 0 Å². The van der Waals surface area contributed by atoms with Gasteiger partial charge in [0.1, 0.15) is 6.07 Å². The molecule has 0 saturated carbocycles. The molecule has 0 amide bonds. The standard InChI is InChI=1S/C50H30N4/c1-2-33-29-36(19-20-37(33)31-51)44-30-46(35-23-27-39(28-24-35)54-49-17-9-5-13-42(49)43-14-6-10-18-50(43)54)52-32-45(44)34-21-25-38(26-22-34)53-47-15-7-3-11-40(47)41-12-4-8-16-48(41)53/h1,3-30,32H. The van der Waals surface area contributed by atoms with Gasteiger partial charge in [0.15, 0.2) is 0 Å². The number of para-hydroxylation sites is 4. The first-order valence-corrected chi connectivity index (χ1v) is 17.9. The van der Waals surface area contributed by atoms with E-state index in [0.29, 0.717) is 11.1 Å². The number of fused-ring (bicyclic) bond motifs is 6. The van der Waals surface area contributed by atoms with Crippen LogP contribution in [0.15, 0.2) is 176 Å². The fourth-order valence-electron chi connectivity index (χ4n) is 7.98. The molecule has 0 aliphatic heterocycles. The first kappa shape index (κ1) is 31.1. The maximum Gasteiger partial charge on any atom is 0.100 e. The van der Waals surface area contributed by atoms with Gasteiger partial charge in [-0.2, -0.15) is 5.26 Å². The van der Waals surface area contributed by atoms with Crippen LogP contribution in [0.5, 0.6) is 0 Å². The van der Waals surface area contributed by atoms with Crippen LogP contribution in [-0.4, -0.2) is 14.1 Å². The van der Waals surface area contributed by atoms with Crippen molar-refractivity contribution in [1.82, 2.24) is 14.1 Å². The summed E-state index contributed by atoms with van der Waals surface area (Å²) in [7, 11) is 0. The monoisotopic (exact) mass is 686 g/mol. The van der Waals surface area contributed by atoms with Crippen LogP contribution in [0.1, 0.15) is 11.1 Å². The van der Waals surface area contributed by atoms with Crippen LogP contribution in [0.2, 0.25) is 0 Å². The van der Waals surface area contributed by atoms with Gasteiger partial charge in [-0.05, 0) is 83.4 Å². The Labute approximate surface area is 312 Å². The summed E-state index contributed by atoms with van der Waals surface area (Å²) in [6.07, 6.45) is 7.84. The molecule has 3 heterocycles. The van der Waals surface area contributed by atoms with Gasteiger partial charge in [0.05, 0.1) is 33.3 Å². The van der Waals surface area contributed by atoms with Gasteiger partial charge in [-0.15, -0.1) is 6.42 Å². The molecular weight excluding hydrogens is 657 g/mol. The maximum absolute atomic E-state index is 9.72. The highest BCUT2D eigenvalue weighted by Crippen LogP contribution is 2.38. The number of pyridine rings is 1. The average Bonchev–Trinajstić information content (AvgIpc) is 3.76. The Hall–Kier alpha value is -7.66. The molecule has 0 spiro atoms. The number of nitriles is 1. The summed E-state index contributed by atoms with van der Waals surface area (Å²) in [6.45, 7) is 0. The summed E-state index contributed by atoms with van der Waals surface area (Å²) in [5, 5.41) is 14.6. The van der Waals surface area contributed by atoms with Crippen molar-refractivity contribution in [2.24, 2.45) is 0 Å². The molecule has 0 fully saturated rings. The van der Waals surface area contributed by atoms with Gasteiger partial charge in [-0.1, -0.05) is 109 Å². The Morgan fingerprint density at radius 3 is 1.35 bits per heavy atom. The Kier molecular flexibility index (Phi) is 7.22. The van der Waals surface area contributed by atoms with Crippen LogP contribution in [0.25, 0.3) is 88.5 Å². The fourth-order valence-corrected chi connectivity index (χ4v) is 7.98. The number of hydrogen-bond donors (Lipinski definition) is 0. The van der Waals surface area contributed by atoms with Crippen molar-refractivity contribution in [2.75, 3.05) is 0 Å². The SMILES string of the molecule is C#Cc1cc(-c2cc(-c3ccc(-n4c5ccccc5c5ccccc54)cc3)ncc2-c2ccc(-n3c4ccccc4c4ccccc43)cc2)ccc1C#N. The molecule has 3 aromatic heterocycles. The van der Waals surface area contributed by atoms with E-state index in [2.05, 4.69) is 173 Å². The van der Waals surface area contributed by atoms with E-state index >= 15 is 0 Å². The number of nitrogens with zero attached hydrogens (tertiary/aromatic N) is 4. The minimum absolute atomic E-state index is 0.480. The Bertz CT molecular complexity index is 3060. The molecule has 4 nitrogen and oxygen atoms in total. The van der Waals surface area contributed by atoms with Crippen molar-refractivity contribution >= 4 is 43.6 Å². The number of benzene rings is 7. The zero-order valence-corrected chi connectivity index (χ0v) is 29.1. The first-order chi connectivity index (χ1) is 26.7. The molecule has 0 bridgehead atoms. The van der Waals surface area contributed by atoms with Gasteiger partial charge in [0.25, 0.3) is 0 Å². The lowest BCUT2D eigenvalue weighted by molar-refractivity contribution is 1.18. The van der Waals surface area contributed by atoms with E-state index in [0.717, 1.165) is 44.9 Å². The second-order valence-corrected chi connectivity index (χ2v) is 13.5. The smallest absolute Gasteiger partial charge is 0.100 e. The molecule has 4 heteroatoms. The van der Waals surface area contributed by atoms with Gasteiger partial charge in [0.2, 0.25) is 0 Å². The van der Waals surface area contributed by atoms with Gasteiger partial charge >= 0.3 is 0 Å². The van der Waals surface area contributed by atoms with Gasteiger partial charge in [-0.3, -0.25) is 4.98 Å². The highest BCUT2D eigenvalue weighted by molar-refractivity contribution is 6.10. The minimum atomic E-state index is 0.480. The van der Waals surface area contributed by atoms with Gasteiger partial charge < -0.3 is 9.13 Å². The maximum atomic E-state index is 9.72. The third-order valence-electron chi connectivity index (χ3n) is 10.5. The normalized spacial score (nSPS) is 11.3. The van der Waals surface area contributed by atoms with Crippen LogP contribution < -0.4 is 0 Å². The van der Waals surface area contributed by atoms with Crippen molar-refractivity contribution in [3.05, 3.63) is 187 Å². The Morgan fingerprint density at radius 2 is 0.889 bits per heavy atom. The van der Waals surface area contributed by atoms with Crippen LogP contribution >= 0.6 is 0 Å². The predicted molar refractivity (Wildman–Crippen MR) is 222 cm³/mol. The van der Waals surface area contributed by atoms with E-state index in [4.69, 9.17) is 11.4 Å². The summed E-state index contributed by atoms with van der Waals surface area (Å²) >= 11 is 0. The molecule has 0 saturated heterocycles. The topological polar surface area (TPSA) is 46.5 Å². The van der Waals surface area contributed by atoms with Crippen LogP contribution in [-0.2, 0) is 0 Å². The summed E-state index contributed by atoms with van der Waals surface area (Å²) in [5.41, 5.74) is 13.6. The summed E-state index contributed by atoms with van der Waals surface area (Å²) in [5.74, 6) is 2.72. The molecule has 10 aromatic rings. The van der Waals surface area contributed by atoms with E-state index in [1.165, 1.54) is 43.6 Å². The van der Waals surface area contributed by atoms with Crippen molar-refractivity contribution in [3.63, 3.8) is 0 Å². The van der Waals surface area contributed by atoms with Crippen molar-refractivity contribution in [1.29, 1.82) is 5.26 Å². The van der Waals surface area contributed by atoms with Crippen molar-refractivity contribution in [3.8, 4) is 63.3 Å². The second kappa shape index (κ2) is 12.5. The Morgan fingerprint density at radius 1 is 0.444 bits per heavy atom. The predicted octanol–water partition coefficient (Wildman–Crippen LogP) is 12.1. The minimum Gasteiger partial charge on any atom is -0.309 e. The number of terminal acetylenes is 1. The van der Waals surface area contributed by atoms with Gasteiger partial charge in [-0.25, -0.2) is 0 Å². The lowest BCUT2D eigenvalue weighted by atomic mass is 9.92. The van der Waals surface area contributed by atoms with E-state index in [9.17, 15) is 5.26 Å². The molecule has 0 atom stereocenters. The highest BCUT2D eigenvalue weighted by atomic mass is 15.0. The molecule has 10 rings (SSSR count). The average molecular weight is 687 g/mol. The summed E-state index contributed by atoms with van der Waals surface area (Å²) in [6, 6.07) is 61.5. The summed E-state index contributed by atoms with van der Waals surface area (Å²) < 4.78 is 4.64. The number of aromatic nitrogens is 3. The van der Waals surface area contributed by atoms with E-state index in [1.54, 1.807) is 6.07 Å². The molecule has 0 N–H and O–H groups in total. The van der Waals surface area contributed by atoms with E-state index in [-0.39, 0.29) is 0 Å². The van der Waals surface area contributed by atoms with Crippen LogP contribution in [0.4, 0.5) is 0 Å². The molecule has 250 valence electrons. The number of rotatable bonds is 5. The van der Waals surface area contributed by atoms with Crippen LogP contribution in [0.3, 0.4) is 0 Å².